The maximum Gasteiger partial charge on any atom is 1.00 e. The Morgan fingerprint density at radius 3 is 3.04 bits per heavy atom. The van der Waals surface area contributed by atoms with E-state index >= 15 is 0 Å². The number of rotatable bonds is 1. The van der Waals surface area contributed by atoms with E-state index in [1.165, 1.54) is 17.2 Å². The molecule has 5 atom stereocenters. The fraction of sp³-hybridized carbons (Fsp3) is 0.500. The average Bonchev–Trinajstić information content (AvgIpc) is 3.01. The third kappa shape index (κ3) is 2.82. The zero-order chi connectivity index (χ0) is 15.5. The molecule has 23 heavy (non-hydrogen) atoms. The molecule has 2 fully saturated rings. The number of H-pyrrole nitrogens is 1. The van der Waals surface area contributed by atoms with Gasteiger partial charge in [0.25, 0.3) is 13.4 Å². The molecular formula is C10H10N4NaO7P. The van der Waals surface area contributed by atoms with E-state index in [1.54, 1.807) is 0 Å². The quantitative estimate of drug-likeness (QED) is 0.381. The predicted molar refractivity (Wildman–Crippen MR) is 66.5 cm³/mol. The van der Waals surface area contributed by atoms with Crippen molar-refractivity contribution in [1.29, 1.82) is 0 Å². The van der Waals surface area contributed by atoms with E-state index in [0.29, 0.717) is 0 Å². The van der Waals surface area contributed by atoms with Crippen molar-refractivity contribution >= 4 is 19.0 Å². The fourth-order valence-electron chi connectivity index (χ4n) is 2.61. The smallest absolute Gasteiger partial charge is 0.756 e. The zero-order valence-corrected chi connectivity index (χ0v) is 14.8. The molecule has 2 aliphatic rings. The second-order valence-electron chi connectivity index (χ2n) is 4.92. The van der Waals surface area contributed by atoms with Crippen LogP contribution in [0.2, 0.25) is 0 Å². The van der Waals surface area contributed by atoms with Gasteiger partial charge < -0.3 is 28.8 Å². The van der Waals surface area contributed by atoms with Gasteiger partial charge in [-0.05, 0) is 0 Å². The molecule has 2 aromatic heterocycles. The van der Waals surface area contributed by atoms with Crippen molar-refractivity contribution < 1.29 is 57.9 Å². The van der Waals surface area contributed by atoms with Crippen LogP contribution in [0.15, 0.2) is 17.4 Å². The molecule has 0 aromatic carbocycles. The first-order chi connectivity index (χ1) is 10.5. The van der Waals surface area contributed by atoms with Gasteiger partial charge in [-0.1, -0.05) is 0 Å². The van der Waals surface area contributed by atoms with Crippen LogP contribution in [0.25, 0.3) is 11.2 Å². The van der Waals surface area contributed by atoms with Crippen molar-refractivity contribution in [2.24, 2.45) is 0 Å². The van der Waals surface area contributed by atoms with Crippen molar-refractivity contribution in [3.05, 3.63) is 23.0 Å². The van der Waals surface area contributed by atoms with Gasteiger partial charge in [-0.15, -0.1) is 0 Å². The van der Waals surface area contributed by atoms with Crippen molar-refractivity contribution in [2.75, 3.05) is 6.61 Å². The standard InChI is InChI=1S/C10H11N4O7P.Na/c15-6-7-4(1-19-22(17,18)21-7)20-10(6)14-3-13-5-8(14)11-2-12-9(5)16;/h2-4,6-7,10,15H,1H2,(H,17,18)(H,11,12,16);/q;+1/p-1/t4-,6-,7-,10-;/m1./s1. The number of imidazole rings is 1. The molecule has 1 unspecified atom stereocenters. The number of nitrogens with one attached hydrogen (secondary N) is 1. The van der Waals surface area contributed by atoms with Gasteiger partial charge in [0, 0.05) is 0 Å². The summed E-state index contributed by atoms with van der Waals surface area (Å²) in [6, 6.07) is 0. The molecule has 0 radical (unpaired) electrons. The summed E-state index contributed by atoms with van der Waals surface area (Å²) in [4.78, 5) is 33.2. The largest absolute Gasteiger partial charge is 1.00 e. The minimum atomic E-state index is -4.44. The molecule has 0 bridgehead atoms. The van der Waals surface area contributed by atoms with Crippen molar-refractivity contribution in [3.63, 3.8) is 0 Å². The summed E-state index contributed by atoms with van der Waals surface area (Å²) in [6.07, 6.45) is -1.62. The maximum atomic E-state index is 11.6. The molecule has 4 heterocycles. The number of ether oxygens (including phenoxy) is 1. The molecule has 0 spiro atoms. The molecule has 118 valence electrons. The number of fused-ring (bicyclic) bond motifs is 2. The van der Waals surface area contributed by atoms with Gasteiger partial charge >= 0.3 is 29.6 Å². The summed E-state index contributed by atoms with van der Waals surface area (Å²) in [6.45, 7) is -0.250. The Balaban J connectivity index is 0.00000156. The van der Waals surface area contributed by atoms with E-state index in [2.05, 4.69) is 19.5 Å². The Bertz CT molecular complexity index is 840. The number of phosphoric ester groups is 1. The van der Waals surface area contributed by atoms with Gasteiger partial charge in [0.1, 0.15) is 18.3 Å². The molecule has 2 saturated heterocycles. The molecule has 2 aromatic rings. The molecule has 2 N–H and O–H groups in total. The second-order valence-corrected chi connectivity index (χ2v) is 6.29. The summed E-state index contributed by atoms with van der Waals surface area (Å²) >= 11 is 0. The maximum absolute atomic E-state index is 11.6. The van der Waals surface area contributed by atoms with Crippen molar-refractivity contribution in [2.45, 2.75) is 24.5 Å². The first kappa shape index (κ1) is 17.2. The minimum absolute atomic E-state index is 0. The molecule has 0 aliphatic carbocycles. The van der Waals surface area contributed by atoms with E-state index in [4.69, 9.17) is 9.26 Å². The van der Waals surface area contributed by atoms with Gasteiger partial charge in [0.05, 0.1) is 19.3 Å². The zero-order valence-electron chi connectivity index (χ0n) is 11.9. The normalized spacial score (nSPS) is 36.6. The molecule has 11 nitrogen and oxygen atoms in total. The molecule has 2 aliphatic heterocycles. The van der Waals surface area contributed by atoms with Crippen LogP contribution in [0.1, 0.15) is 6.23 Å². The number of aromatic nitrogens is 4. The third-order valence-corrected chi connectivity index (χ3v) is 4.56. The van der Waals surface area contributed by atoms with Crippen LogP contribution in [-0.2, 0) is 18.3 Å². The third-order valence-electron chi connectivity index (χ3n) is 3.60. The van der Waals surface area contributed by atoms with Crippen LogP contribution in [0.3, 0.4) is 0 Å². The monoisotopic (exact) mass is 352 g/mol. The number of nitrogens with zero attached hydrogens (tertiary/aromatic N) is 3. The SMILES string of the molecule is O=c1[nH]cnc2c1ncn2[C@@H]1O[C@@H]2COP(=O)([O-])O[C@H]2[C@H]1O.[Na+]. The fourth-order valence-corrected chi connectivity index (χ4v) is 3.56. The Kier molecular flexibility index (Phi) is 4.51. The van der Waals surface area contributed by atoms with Gasteiger partial charge in [0.2, 0.25) is 0 Å². The number of phosphoric acid groups is 1. The molecule has 0 saturated carbocycles. The predicted octanol–water partition coefficient (Wildman–Crippen LogP) is -4.73. The van der Waals surface area contributed by atoms with Crippen LogP contribution in [-0.4, -0.2) is 49.5 Å². The van der Waals surface area contributed by atoms with Crippen molar-refractivity contribution in [1.82, 2.24) is 19.5 Å². The van der Waals surface area contributed by atoms with Crippen LogP contribution >= 0.6 is 7.82 Å². The van der Waals surface area contributed by atoms with Gasteiger partial charge in [0.15, 0.2) is 17.4 Å². The van der Waals surface area contributed by atoms with E-state index in [0.717, 1.165) is 0 Å². The Morgan fingerprint density at radius 2 is 2.26 bits per heavy atom. The summed E-state index contributed by atoms with van der Waals surface area (Å²) < 4.78 is 27.6. The summed E-state index contributed by atoms with van der Waals surface area (Å²) in [5.74, 6) is 0. The second kappa shape index (κ2) is 6.03. The van der Waals surface area contributed by atoms with Crippen LogP contribution in [0, 0.1) is 0 Å². The van der Waals surface area contributed by atoms with E-state index in [-0.39, 0.29) is 47.3 Å². The van der Waals surface area contributed by atoms with E-state index in [1.807, 2.05) is 0 Å². The number of aliphatic hydroxyl groups excluding tert-OH is 1. The average molecular weight is 352 g/mol. The van der Waals surface area contributed by atoms with Crippen LogP contribution < -0.4 is 40.0 Å². The van der Waals surface area contributed by atoms with Gasteiger partial charge in [-0.2, -0.15) is 0 Å². The van der Waals surface area contributed by atoms with Gasteiger partial charge in [-0.25, -0.2) is 9.97 Å². The Hall–Kier alpha value is -0.620. The summed E-state index contributed by atoms with van der Waals surface area (Å²) in [5, 5.41) is 10.3. The topological polar surface area (TPSA) is 152 Å². The first-order valence-corrected chi connectivity index (χ1v) is 7.80. The number of hydrogen-bond acceptors (Lipinski definition) is 9. The molecular weight excluding hydrogens is 342 g/mol. The van der Waals surface area contributed by atoms with E-state index in [9.17, 15) is 19.4 Å². The van der Waals surface area contributed by atoms with Crippen LogP contribution in [0.4, 0.5) is 0 Å². The van der Waals surface area contributed by atoms with E-state index < -0.39 is 37.9 Å². The van der Waals surface area contributed by atoms with Gasteiger partial charge in [-0.3, -0.25) is 13.9 Å². The summed E-state index contributed by atoms with van der Waals surface area (Å²) in [7, 11) is -4.44. The minimum Gasteiger partial charge on any atom is -0.756 e. The number of aromatic amines is 1. The Labute approximate surface area is 150 Å². The molecule has 0 amide bonds. The molecule has 4 rings (SSSR count). The molecule has 13 heteroatoms. The van der Waals surface area contributed by atoms with Crippen molar-refractivity contribution in [3.8, 4) is 0 Å². The number of hydrogen-bond donors (Lipinski definition) is 2. The first-order valence-electron chi connectivity index (χ1n) is 6.34. The number of aliphatic hydroxyl groups is 1. The summed E-state index contributed by atoms with van der Waals surface area (Å²) in [5.41, 5.74) is -0.144. The Morgan fingerprint density at radius 1 is 1.48 bits per heavy atom. The van der Waals surface area contributed by atoms with Crippen LogP contribution in [0.5, 0.6) is 0 Å².